The summed E-state index contributed by atoms with van der Waals surface area (Å²) < 4.78 is 6.91. The van der Waals surface area contributed by atoms with Crippen molar-refractivity contribution in [2.75, 3.05) is 0 Å². The molecule has 2 aromatic heterocycles. The topological polar surface area (TPSA) is 85.8 Å². The Balaban J connectivity index is 1.72. The normalized spacial score (nSPS) is 12.2. The van der Waals surface area contributed by atoms with Crippen LogP contribution >= 0.6 is 0 Å². The smallest absolute Gasteiger partial charge is 0.257 e. The Morgan fingerprint density at radius 1 is 1.25 bits per heavy atom. The standard InChI is InChI=1S/C17H19N5O2/c1-10(15-9-18-22(4)11(15)2)19-16(23)13-5-7-14(8-6-13)17-20-12(3)21-24-17/h5-10H,1-4H3,(H,19,23)/t10-/m1/s1. The molecule has 0 aliphatic heterocycles. The summed E-state index contributed by atoms with van der Waals surface area (Å²) in [7, 11) is 1.88. The third-order valence-electron chi connectivity index (χ3n) is 4.01. The zero-order valence-corrected chi connectivity index (χ0v) is 14.1. The number of hydrogen-bond donors (Lipinski definition) is 1. The lowest BCUT2D eigenvalue weighted by molar-refractivity contribution is 0.0940. The molecule has 124 valence electrons. The molecule has 1 N–H and O–H groups in total. The molecule has 1 atom stereocenters. The fourth-order valence-electron chi connectivity index (χ4n) is 2.48. The minimum atomic E-state index is -0.140. The first-order chi connectivity index (χ1) is 11.5. The van der Waals surface area contributed by atoms with Gasteiger partial charge in [0.1, 0.15) is 0 Å². The van der Waals surface area contributed by atoms with E-state index in [9.17, 15) is 4.79 Å². The van der Waals surface area contributed by atoms with Crippen LogP contribution in [0.4, 0.5) is 0 Å². The second-order valence-electron chi connectivity index (χ2n) is 5.73. The zero-order chi connectivity index (χ0) is 17.3. The average Bonchev–Trinajstić information content (AvgIpc) is 3.14. The summed E-state index contributed by atoms with van der Waals surface area (Å²) in [6.45, 7) is 5.68. The number of hydrogen-bond acceptors (Lipinski definition) is 5. The Labute approximate surface area is 139 Å². The van der Waals surface area contributed by atoms with Crippen molar-refractivity contribution in [3.63, 3.8) is 0 Å². The first-order valence-electron chi connectivity index (χ1n) is 7.66. The SMILES string of the molecule is Cc1noc(-c2ccc(C(=O)N[C@H](C)c3cnn(C)c3C)cc2)n1. The third kappa shape index (κ3) is 3.05. The van der Waals surface area contributed by atoms with Gasteiger partial charge in [0.25, 0.3) is 11.8 Å². The van der Waals surface area contributed by atoms with E-state index in [1.165, 1.54) is 0 Å². The van der Waals surface area contributed by atoms with Crippen LogP contribution in [0.1, 0.15) is 40.4 Å². The van der Waals surface area contributed by atoms with Crippen molar-refractivity contribution in [1.29, 1.82) is 0 Å². The van der Waals surface area contributed by atoms with E-state index >= 15 is 0 Å². The Bertz CT molecular complexity index is 863. The highest BCUT2D eigenvalue weighted by Gasteiger charge is 2.16. The van der Waals surface area contributed by atoms with E-state index in [1.54, 1.807) is 42.1 Å². The molecule has 3 rings (SSSR count). The predicted octanol–water partition coefficient (Wildman–Crippen LogP) is 2.58. The van der Waals surface area contributed by atoms with Crippen LogP contribution in [0.5, 0.6) is 0 Å². The number of aromatic nitrogens is 4. The number of carbonyl (C=O) groups is 1. The summed E-state index contributed by atoms with van der Waals surface area (Å²) in [5.41, 5.74) is 3.39. The fourth-order valence-corrected chi connectivity index (χ4v) is 2.48. The molecule has 0 saturated heterocycles. The van der Waals surface area contributed by atoms with E-state index in [4.69, 9.17) is 4.52 Å². The average molecular weight is 325 g/mol. The van der Waals surface area contributed by atoms with Crippen molar-refractivity contribution < 1.29 is 9.32 Å². The van der Waals surface area contributed by atoms with Gasteiger partial charge in [0.15, 0.2) is 5.82 Å². The molecule has 1 amide bonds. The van der Waals surface area contributed by atoms with Crippen LogP contribution in [0, 0.1) is 13.8 Å². The van der Waals surface area contributed by atoms with Gasteiger partial charge >= 0.3 is 0 Å². The number of benzene rings is 1. The van der Waals surface area contributed by atoms with E-state index in [0.29, 0.717) is 17.3 Å². The summed E-state index contributed by atoms with van der Waals surface area (Å²) in [5, 5.41) is 11.0. The van der Waals surface area contributed by atoms with Crippen molar-refractivity contribution in [1.82, 2.24) is 25.2 Å². The van der Waals surface area contributed by atoms with Gasteiger partial charge in [-0.15, -0.1) is 0 Å². The summed E-state index contributed by atoms with van der Waals surface area (Å²) in [6.07, 6.45) is 1.78. The molecule has 3 aromatic rings. The lowest BCUT2D eigenvalue weighted by Gasteiger charge is -2.14. The number of aryl methyl sites for hydroxylation is 2. The molecule has 0 saturated carbocycles. The molecule has 0 spiro atoms. The highest BCUT2D eigenvalue weighted by atomic mass is 16.5. The van der Waals surface area contributed by atoms with Crippen LogP contribution in [-0.2, 0) is 7.05 Å². The minimum Gasteiger partial charge on any atom is -0.345 e. The second-order valence-corrected chi connectivity index (χ2v) is 5.73. The van der Waals surface area contributed by atoms with E-state index < -0.39 is 0 Å². The molecule has 0 unspecified atom stereocenters. The first kappa shape index (κ1) is 15.9. The summed E-state index contributed by atoms with van der Waals surface area (Å²) in [4.78, 5) is 16.6. The summed E-state index contributed by atoms with van der Waals surface area (Å²) in [6, 6.07) is 6.95. The number of nitrogens with zero attached hydrogens (tertiary/aromatic N) is 4. The molecule has 24 heavy (non-hydrogen) atoms. The Morgan fingerprint density at radius 3 is 2.50 bits per heavy atom. The highest BCUT2D eigenvalue weighted by molar-refractivity contribution is 5.94. The molecule has 0 bridgehead atoms. The van der Waals surface area contributed by atoms with Gasteiger partial charge in [-0.25, -0.2) is 0 Å². The van der Waals surface area contributed by atoms with Gasteiger partial charge in [0.05, 0.1) is 12.2 Å². The largest absolute Gasteiger partial charge is 0.345 e. The Kier molecular flexibility index (Phi) is 4.16. The van der Waals surface area contributed by atoms with Gasteiger partial charge in [-0.1, -0.05) is 5.16 Å². The number of rotatable bonds is 4. The van der Waals surface area contributed by atoms with Crippen LogP contribution in [0.3, 0.4) is 0 Å². The van der Waals surface area contributed by atoms with Gasteiger partial charge in [-0.05, 0) is 45.0 Å². The van der Waals surface area contributed by atoms with Crippen molar-refractivity contribution in [2.45, 2.75) is 26.8 Å². The fraction of sp³-hybridized carbons (Fsp3) is 0.294. The van der Waals surface area contributed by atoms with E-state index in [-0.39, 0.29) is 11.9 Å². The van der Waals surface area contributed by atoms with Gasteiger partial charge in [-0.2, -0.15) is 10.1 Å². The first-order valence-corrected chi connectivity index (χ1v) is 7.66. The molecule has 2 heterocycles. The van der Waals surface area contributed by atoms with Gasteiger partial charge < -0.3 is 9.84 Å². The molecule has 0 aliphatic carbocycles. The number of nitrogens with one attached hydrogen (secondary N) is 1. The molecule has 1 aromatic carbocycles. The maximum atomic E-state index is 12.4. The van der Waals surface area contributed by atoms with Crippen molar-refractivity contribution in [2.24, 2.45) is 7.05 Å². The molecule has 0 radical (unpaired) electrons. The van der Waals surface area contributed by atoms with Gasteiger partial charge in [0.2, 0.25) is 0 Å². The maximum absolute atomic E-state index is 12.4. The highest BCUT2D eigenvalue weighted by Crippen LogP contribution is 2.19. The zero-order valence-electron chi connectivity index (χ0n) is 14.1. The summed E-state index contributed by atoms with van der Waals surface area (Å²) >= 11 is 0. The lowest BCUT2D eigenvalue weighted by Crippen LogP contribution is -2.26. The molecule has 7 heteroatoms. The van der Waals surface area contributed by atoms with Crippen LogP contribution in [0.2, 0.25) is 0 Å². The van der Waals surface area contributed by atoms with E-state index in [0.717, 1.165) is 16.8 Å². The third-order valence-corrected chi connectivity index (χ3v) is 4.01. The predicted molar refractivity (Wildman–Crippen MR) is 88.3 cm³/mol. The van der Waals surface area contributed by atoms with Crippen LogP contribution in [-0.4, -0.2) is 25.8 Å². The van der Waals surface area contributed by atoms with Crippen molar-refractivity contribution >= 4 is 5.91 Å². The lowest BCUT2D eigenvalue weighted by atomic mass is 10.1. The van der Waals surface area contributed by atoms with Gasteiger partial charge in [0, 0.05) is 29.4 Å². The maximum Gasteiger partial charge on any atom is 0.257 e. The summed E-state index contributed by atoms with van der Waals surface area (Å²) in [5.74, 6) is 0.880. The van der Waals surface area contributed by atoms with Crippen LogP contribution in [0.15, 0.2) is 35.0 Å². The second kappa shape index (κ2) is 6.27. The quantitative estimate of drug-likeness (QED) is 0.797. The van der Waals surface area contributed by atoms with Gasteiger partial charge in [-0.3, -0.25) is 9.48 Å². The Morgan fingerprint density at radius 2 is 1.96 bits per heavy atom. The molecule has 0 fully saturated rings. The Hall–Kier alpha value is -2.96. The van der Waals surface area contributed by atoms with E-state index in [1.807, 2.05) is 20.9 Å². The molecule has 0 aliphatic rings. The monoisotopic (exact) mass is 325 g/mol. The molecular weight excluding hydrogens is 306 g/mol. The van der Waals surface area contributed by atoms with Crippen LogP contribution < -0.4 is 5.32 Å². The molecule has 7 nitrogen and oxygen atoms in total. The van der Waals surface area contributed by atoms with E-state index in [2.05, 4.69) is 20.6 Å². The minimum absolute atomic E-state index is 0.121. The number of carbonyl (C=O) groups excluding carboxylic acids is 1. The van der Waals surface area contributed by atoms with Crippen molar-refractivity contribution in [3.05, 3.63) is 53.1 Å². The van der Waals surface area contributed by atoms with Crippen molar-refractivity contribution in [3.8, 4) is 11.5 Å². The van der Waals surface area contributed by atoms with Crippen LogP contribution in [0.25, 0.3) is 11.5 Å². The number of amides is 1. The molecular formula is C17H19N5O2.